The molecule has 0 saturated heterocycles. The number of guanidine groups is 1. The van der Waals surface area contributed by atoms with E-state index < -0.39 is 0 Å². The number of methoxy groups -OCH3 is 1. The molecule has 1 aromatic rings. The van der Waals surface area contributed by atoms with Crippen molar-refractivity contribution >= 4 is 5.96 Å². The second kappa shape index (κ2) is 12.7. The third-order valence-electron chi connectivity index (χ3n) is 3.76. The van der Waals surface area contributed by atoms with E-state index >= 15 is 0 Å². The summed E-state index contributed by atoms with van der Waals surface area (Å²) in [6, 6.07) is 0. The van der Waals surface area contributed by atoms with Gasteiger partial charge in [-0.3, -0.25) is 4.99 Å². The normalized spacial score (nSPS) is 12.2. The van der Waals surface area contributed by atoms with Crippen LogP contribution in [0.5, 0.6) is 0 Å². The molecule has 8 heteroatoms. The number of aromatic nitrogens is 2. The van der Waals surface area contributed by atoms with Crippen molar-refractivity contribution in [2.75, 3.05) is 54.0 Å². The molecule has 1 rings (SSSR count). The first-order valence-electron chi connectivity index (χ1n) is 9.01. The zero-order valence-corrected chi connectivity index (χ0v) is 16.3. The molecule has 0 aromatic carbocycles. The predicted molar refractivity (Wildman–Crippen MR) is 100 cm³/mol. The van der Waals surface area contributed by atoms with Gasteiger partial charge in [0.25, 0.3) is 0 Å². The van der Waals surface area contributed by atoms with Crippen LogP contribution in [-0.4, -0.2) is 75.0 Å². The number of aryl methyl sites for hydroxylation is 1. The number of rotatable bonds is 12. The maximum absolute atomic E-state index is 5.24. The monoisotopic (exact) mass is 354 g/mol. The Bertz CT molecular complexity index is 489. The van der Waals surface area contributed by atoms with Gasteiger partial charge in [-0.15, -0.1) is 0 Å². The Hall–Kier alpha value is -1.67. The minimum Gasteiger partial charge on any atom is -0.385 e. The van der Waals surface area contributed by atoms with E-state index in [0.717, 1.165) is 63.8 Å². The lowest BCUT2D eigenvalue weighted by atomic mass is 10.2. The maximum atomic E-state index is 5.24. The fraction of sp³-hybridized carbons (Fsp3) is 0.824. The van der Waals surface area contributed by atoms with Gasteiger partial charge in [-0.05, 0) is 19.9 Å². The number of nitrogens with zero attached hydrogens (tertiary/aromatic N) is 4. The van der Waals surface area contributed by atoms with Crippen molar-refractivity contribution in [3.8, 4) is 0 Å². The molecule has 0 saturated carbocycles. The molecular formula is C17H34N6O2. The summed E-state index contributed by atoms with van der Waals surface area (Å²) in [6.45, 7) is 8.57. The van der Waals surface area contributed by atoms with E-state index in [-0.39, 0.29) is 0 Å². The summed E-state index contributed by atoms with van der Waals surface area (Å²) in [5, 5.41) is 10.6. The van der Waals surface area contributed by atoms with Gasteiger partial charge >= 0.3 is 0 Å². The van der Waals surface area contributed by atoms with Crippen molar-refractivity contribution in [1.82, 2.24) is 25.7 Å². The average molecular weight is 354 g/mol. The maximum Gasteiger partial charge on any atom is 0.226 e. The average Bonchev–Trinajstić information content (AvgIpc) is 3.06. The van der Waals surface area contributed by atoms with E-state index in [1.807, 2.05) is 0 Å². The number of hydrogen-bond donors (Lipinski definition) is 2. The summed E-state index contributed by atoms with van der Waals surface area (Å²) < 4.78 is 10.3. The first kappa shape index (κ1) is 21.4. The molecule has 0 aliphatic heterocycles. The van der Waals surface area contributed by atoms with E-state index in [4.69, 9.17) is 9.26 Å². The number of aliphatic imine (C=N–C) groups is 1. The van der Waals surface area contributed by atoms with Crippen LogP contribution in [0.25, 0.3) is 0 Å². The SMILES string of the molecule is CN=C(NCCCc1nc(C(C)C)no1)NCCN(C)CCCOC. The second-order valence-corrected chi connectivity index (χ2v) is 6.38. The Balaban J connectivity index is 2.13. The summed E-state index contributed by atoms with van der Waals surface area (Å²) in [5.41, 5.74) is 0. The smallest absolute Gasteiger partial charge is 0.226 e. The summed E-state index contributed by atoms with van der Waals surface area (Å²) in [6.07, 6.45) is 2.73. The number of ether oxygens (including phenoxy) is 1. The van der Waals surface area contributed by atoms with Crippen molar-refractivity contribution in [3.63, 3.8) is 0 Å². The standard InChI is InChI=1S/C17H34N6O2/c1-14(2)16-21-15(25-22-16)8-6-9-19-17(18-3)20-10-12-23(4)11-7-13-24-5/h14H,6-13H2,1-5H3,(H2,18,19,20). The molecule has 0 atom stereocenters. The second-order valence-electron chi connectivity index (χ2n) is 6.38. The van der Waals surface area contributed by atoms with Gasteiger partial charge in [-0.25, -0.2) is 0 Å². The highest BCUT2D eigenvalue weighted by Gasteiger charge is 2.09. The van der Waals surface area contributed by atoms with Crippen molar-refractivity contribution in [1.29, 1.82) is 0 Å². The largest absolute Gasteiger partial charge is 0.385 e. The van der Waals surface area contributed by atoms with Crippen LogP contribution in [0.1, 0.15) is 44.3 Å². The first-order valence-corrected chi connectivity index (χ1v) is 9.01. The van der Waals surface area contributed by atoms with E-state index in [1.165, 1.54) is 0 Å². The van der Waals surface area contributed by atoms with Crippen molar-refractivity contribution in [2.24, 2.45) is 4.99 Å². The van der Waals surface area contributed by atoms with Crippen LogP contribution in [0.2, 0.25) is 0 Å². The van der Waals surface area contributed by atoms with Crippen LogP contribution in [0.3, 0.4) is 0 Å². The molecular weight excluding hydrogens is 320 g/mol. The molecule has 25 heavy (non-hydrogen) atoms. The highest BCUT2D eigenvalue weighted by Crippen LogP contribution is 2.10. The molecule has 144 valence electrons. The predicted octanol–water partition coefficient (Wildman–Crippen LogP) is 1.26. The molecule has 0 radical (unpaired) electrons. The van der Waals surface area contributed by atoms with Crippen LogP contribution in [0, 0.1) is 0 Å². The fourth-order valence-electron chi connectivity index (χ4n) is 2.23. The Morgan fingerprint density at radius 3 is 2.64 bits per heavy atom. The van der Waals surface area contributed by atoms with Gasteiger partial charge in [0.15, 0.2) is 11.8 Å². The molecule has 0 unspecified atom stereocenters. The van der Waals surface area contributed by atoms with Gasteiger partial charge in [0.05, 0.1) is 0 Å². The minimum atomic E-state index is 0.297. The lowest BCUT2D eigenvalue weighted by Crippen LogP contribution is -2.41. The van der Waals surface area contributed by atoms with E-state index in [1.54, 1.807) is 14.2 Å². The molecule has 0 bridgehead atoms. The molecule has 2 N–H and O–H groups in total. The van der Waals surface area contributed by atoms with Gasteiger partial charge in [0, 0.05) is 59.3 Å². The molecule has 1 heterocycles. The van der Waals surface area contributed by atoms with Crippen LogP contribution >= 0.6 is 0 Å². The molecule has 1 aromatic heterocycles. The van der Waals surface area contributed by atoms with Gasteiger partial charge in [-0.2, -0.15) is 4.98 Å². The van der Waals surface area contributed by atoms with Crippen LogP contribution in [-0.2, 0) is 11.2 Å². The van der Waals surface area contributed by atoms with Gasteiger partial charge in [-0.1, -0.05) is 19.0 Å². The Morgan fingerprint density at radius 1 is 1.24 bits per heavy atom. The Kier molecular flexibility index (Phi) is 10.8. The highest BCUT2D eigenvalue weighted by atomic mass is 16.5. The number of likely N-dealkylation sites (N-methyl/N-ethyl adjacent to an activating group) is 1. The quantitative estimate of drug-likeness (QED) is 0.332. The van der Waals surface area contributed by atoms with Crippen LogP contribution < -0.4 is 10.6 Å². The van der Waals surface area contributed by atoms with Crippen LogP contribution in [0.15, 0.2) is 9.52 Å². The van der Waals surface area contributed by atoms with Crippen molar-refractivity contribution in [2.45, 2.75) is 39.0 Å². The molecule has 8 nitrogen and oxygen atoms in total. The lowest BCUT2D eigenvalue weighted by molar-refractivity contribution is 0.180. The summed E-state index contributed by atoms with van der Waals surface area (Å²) >= 11 is 0. The highest BCUT2D eigenvalue weighted by molar-refractivity contribution is 5.79. The Morgan fingerprint density at radius 2 is 2.00 bits per heavy atom. The van der Waals surface area contributed by atoms with Gasteiger partial charge in [0.1, 0.15) is 0 Å². The van der Waals surface area contributed by atoms with E-state index in [2.05, 4.69) is 51.6 Å². The van der Waals surface area contributed by atoms with Gasteiger partial charge < -0.3 is 24.8 Å². The summed E-state index contributed by atoms with van der Waals surface area (Å²) in [5.74, 6) is 2.59. The zero-order valence-electron chi connectivity index (χ0n) is 16.3. The van der Waals surface area contributed by atoms with Crippen molar-refractivity contribution in [3.05, 3.63) is 11.7 Å². The molecule has 0 fully saturated rings. The summed E-state index contributed by atoms with van der Waals surface area (Å²) in [4.78, 5) is 10.9. The molecule has 0 spiro atoms. The number of hydrogen-bond acceptors (Lipinski definition) is 6. The Labute approximate surface area is 151 Å². The van der Waals surface area contributed by atoms with E-state index in [0.29, 0.717) is 11.8 Å². The molecule has 0 amide bonds. The topological polar surface area (TPSA) is 87.8 Å². The van der Waals surface area contributed by atoms with E-state index in [9.17, 15) is 0 Å². The van der Waals surface area contributed by atoms with Crippen molar-refractivity contribution < 1.29 is 9.26 Å². The molecule has 0 aliphatic carbocycles. The zero-order chi connectivity index (χ0) is 18.5. The molecule has 0 aliphatic rings. The first-order chi connectivity index (χ1) is 12.1. The third-order valence-corrected chi connectivity index (χ3v) is 3.76. The number of nitrogens with one attached hydrogen (secondary N) is 2. The minimum absolute atomic E-state index is 0.297. The lowest BCUT2D eigenvalue weighted by Gasteiger charge is -2.18. The van der Waals surface area contributed by atoms with Crippen LogP contribution in [0.4, 0.5) is 0 Å². The summed E-state index contributed by atoms with van der Waals surface area (Å²) in [7, 11) is 5.63. The third kappa shape index (κ3) is 9.40. The van der Waals surface area contributed by atoms with Gasteiger partial charge in [0.2, 0.25) is 5.89 Å². The fourth-order valence-corrected chi connectivity index (χ4v) is 2.23.